The molecule has 3 aromatic rings. The van der Waals surface area contributed by atoms with E-state index in [4.69, 9.17) is 0 Å². The highest BCUT2D eigenvalue weighted by Crippen LogP contribution is 2.17. The van der Waals surface area contributed by atoms with Crippen LogP contribution in [0.4, 0.5) is 5.69 Å². The molecule has 0 aliphatic carbocycles. The summed E-state index contributed by atoms with van der Waals surface area (Å²) in [6.45, 7) is 1.82. The smallest absolute Gasteiger partial charge is 0.259 e. The zero-order valence-corrected chi connectivity index (χ0v) is 14.6. The summed E-state index contributed by atoms with van der Waals surface area (Å²) < 4.78 is 24.6. The van der Waals surface area contributed by atoms with Crippen LogP contribution in [0.2, 0.25) is 0 Å². The third kappa shape index (κ3) is 3.61. The number of sulfone groups is 1. The fraction of sp³-hybridized carbons (Fsp3) is 0.111. The van der Waals surface area contributed by atoms with Crippen LogP contribution < -0.4 is 5.32 Å². The largest absolute Gasteiger partial charge is 0.322 e. The maximum Gasteiger partial charge on any atom is 0.259 e. The lowest BCUT2D eigenvalue weighted by Gasteiger charge is -2.07. The van der Waals surface area contributed by atoms with Crippen LogP contribution in [0.15, 0.2) is 65.7 Å². The van der Waals surface area contributed by atoms with Crippen molar-refractivity contribution >= 4 is 21.4 Å². The van der Waals surface area contributed by atoms with Crippen molar-refractivity contribution in [3.8, 4) is 5.69 Å². The zero-order valence-electron chi connectivity index (χ0n) is 13.8. The van der Waals surface area contributed by atoms with Crippen molar-refractivity contribution in [2.75, 3.05) is 11.6 Å². The molecule has 0 fully saturated rings. The molecule has 0 radical (unpaired) electrons. The first-order valence-corrected chi connectivity index (χ1v) is 9.47. The number of hydrogen-bond donors (Lipinski definition) is 1. The van der Waals surface area contributed by atoms with E-state index in [0.717, 1.165) is 17.6 Å². The number of anilines is 1. The molecule has 0 bridgehead atoms. The molecule has 6 nitrogen and oxygen atoms in total. The van der Waals surface area contributed by atoms with Gasteiger partial charge in [0.05, 0.1) is 28.0 Å². The molecular formula is C18H17N3O3S. The van der Waals surface area contributed by atoms with Crippen molar-refractivity contribution in [2.45, 2.75) is 11.8 Å². The summed E-state index contributed by atoms with van der Waals surface area (Å²) in [5, 5.41) is 7.03. The number of rotatable bonds is 4. The van der Waals surface area contributed by atoms with Crippen molar-refractivity contribution < 1.29 is 13.2 Å². The Morgan fingerprint density at radius 1 is 1.04 bits per heavy atom. The van der Waals surface area contributed by atoms with Gasteiger partial charge in [0, 0.05) is 11.9 Å². The fourth-order valence-electron chi connectivity index (χ4n) is 2.45. The number of hydrogen-bond acceptors (Lipinski definition) is 4. The van der Waals surface area contributed by atoms with Crippen molar-refractivity contribution in [3.05, 3.63) is 72.1 Å². The maximum absolute atomic E-state index is 12.5. The third-order valence-corrected chi connectivity index (χ3v) is 4.92. The van der Waals surface area contributed by atoms with Crippen molar-refractivity contribution in [3.63, 3.8) is 0 Å². The van der Waals surface area contributed by atoms with E-state index in [-0.39, 0.29) is 10.8 Å². The number of nitrogens with zero attached hydrogens (tertiary/aromatic N) is 2. The second-order valence-corrected chi connectivity index (χ2v) is 7.66. The molecule has 0 spiro atoms. The van der Waals surface area contributed by atoms with Gasteiger partial charge in [-0.15, -0.1) is 0 Å². The molecule has 0 unspecified atom stereocenters. The Bertz CT molecular complexity index is 1010. The van der Waals surface area contributed by atoms with Crippen molar-refractivity contribution in [2.24, 2.45) is 0 Å². The van der Waals surface area contributed by atoms with Crippen LogP contribution in [0.25, 0.3) is 5.69 Å². The summed E-state index contributed by atoms with van der Waals surface area (Å²) in [6.07, 6.45) is 2.66. The Balaban J connectivity index is 1.82. The topological polar surface area (TPSA) is 81.1 Å². The zero-order chi connectivity index (χ0) is 18.0. The number of para-hydroxylation sites is 1. The molecule has 3 rings (SSSR count). The van der Waals surface area contributed by atoms with Crippen molar-refractivity contribution in [1.82, 2.24) is 9.78 Å². The van der Waals surface area contributed by atoms with Gasteiger partial charge in [-0.1, -0.05) is 18.2 Å². The molecule has 2 aromatic carbocycles. The summed E-state index contributed by atoms with van der Waals surface area (Å²) >= 11 is 0. The first kappa shape index (κ1) is 16.9. The fourth-order valence-corrected chi connectivity index (χ4v) is 3.08. The Kier molecular flexibility index (Phi) is 4.41. The lowest BCUT2D eigenvalue weighted by Crippen LogP contribution is -2.13. The molecule has 7 heteroatoms. The third-order valence-electron chi connectivity index (χ3n) is 3.80. The summed E-state index contributed by atoms with van der Waals surface area (Å²) in [5.41, 5.74) is 2.56. The maximum atomic E-state index is 12.5. The standard InChI is InChI=1S/C18H17N3O3S/c1-13-17(12-19-21(13)15-6-4-3-5-7-15)18(22)20-14-8-10-16(11-9-14)25(2,23)24/h3-12H,1-2H3,(H,20,22). The van der Waals surface area contributed by atoms with Crippen LogP contribution in [0, 0.1) is 6.92 Å². The molecular weight excluding hydrogens is 338 g/mol. The summed E-state index contributed by atoms with van der Waals surface area (Å²) in [7, 11) is -3.26. The van der Waals surface area contributed by atoms with Crippen molar-refractivity contribution in [1.29, 1.82) is 0 Å². The second kappa shape index (κ2) is 6.52. The van der Waals surface area contributed by atoms with E-state index in [0.29, 0.717) is 11.3 Å². The predicted molar refractivity (Wildman–Crippen MR) is 95.8 cm³/mol. The minimum absolute atomic E-state index is 0.207. The van der Waals surface area contributed by atoms with E-state index < -0.39 is 9.84 Å². The lowest BCUT2D eigenvalue weighted by atomic mass is 10.2. The van der Waals surface area contributed by atoms with Crippen LogP contribution in [0.1, 0.15) is 16.1 Å². The van der Waals surface area contributed by atoms with Gasteiger partial charge in [-0.05, 0) is 43.3 Å². The second-order valence-electron chi connectivity index (χ2n) is 5.64. The highest BCUT2D eigenvalue weighted by Gasteiger charge is 2.15. The van der Waals surface area contributed by atoms with Gasteiger partial charge in [-0.3, -0.25) is 4.79 Å². The van der Waals surface area contributed by atoms with Crippen LogP contribution >= 0.6 is 0 Å². The average molecular weight is 355 g/mol. The average Bonchev–Trinajstić information content (AvgIpc) is 2.97. The molecule has 1 heterocycles. The quantitative estimate of drug-likeness (QED) is 0.780. The van der Waals surface area contributed by atoms with Gasteiger partial charge >= 0.3 is 0 Å². The summed E-state index contributed by atoms with van der Waals surface area (Å²) in [5.74, 6) is -0.299. The van der Waals surface area contributed by atoms with Gasteiger partial charge in [-0.2, -0.15) is 5.10 Å². The highest BCUT2D eigenvalue weighted by molar-refractivity contribution is 7.90. The Morgan fingerprint density at radius 3 is 2.28 bits per heavy atom. The van der Waals surface area contributed by atoms with Crippen LogP contribution in [-0.4, -0.2) is 30.4 Å². The molecule has 128 valence electrons. The normalized spacial score (nSPS) is 11.3. The molecule has 0 aliphatic rings. The van der Waals surface area contributed by atoms with E-state index in [2.05, 4.69) is 10.4 Å². The molecule has 0 saturated carbocycles. The van der Waals surface area contributed by atoms with Crippen LogP contribution in [-0.2, 0) is 9.84 Å². The molecule has 0 aliphatic heterocycles. The number of aromatic nitrogens is 2. The van der Waals surface area contributed by atoms with Gasteiger partial charge in [-0.25, -0.2) is 13.1 Å². The van der Waals surface area contributed by atoms with E-state index in [1.165, 1.54) is 18.3 Å². The van der Waals surface area contributed by atoms with Gasteiger partial charge in [0.2, 0.25) is 0 Å². The highest BCUT2D eigenvalue weighted by atomic mass is 32.2. The van der Waals surface area contributed by atoms with Gasteiger partial charge in [0.1, 0.15) is 0 Å². The number of benzene rings is 2. The van der Waals surface area contributed by atoms with Crippen LogP contribution in [0.3, 0.4) is 0 Å². The van der Waals surface area contributed by atoms with Gasteiger partial charge < -0.3 is 5.32 Å². The van der Waals surface area contributed by atoms with E-state index >= 15 is 0 Å². The molecule has 0 saturated heterocycles. The van der Waals surface area contributed by atoms with Crippen LogP contribution in [0.5, 0.6) is 0 Å². The molecule has 1 aromatic heterocycles. The molecule has 0 atom stereocenters. The van der Waals surface area contributed by atoms with Gasteiger partial charge in [0.25, 0.3) is 5.91 Å². The van der Waals surface area contributed by atoms with E-state index in [9.17, 15) is 13.2 Å². The number of carbonyl (C=O) groups is 1. The molecule has 1 amide bonds. The van der Waals surface area contributed by atoms with Gasteiger partial charge in [0.15, 0.2) is 9.84 Å². The van der Waals surface area contributed by atoms with E-state index in [1.54, 1.807) is 16.8 Å². The number of amides is 1. The first-order chi connectivity index (χ1) is 11.9. The Labute approximate surface area is 146 Å². The Morgan fingerprint density at radius 2 is 1.68 bits per heavy atom. The minimum atomic E-state index is -3.26. The SMILES string of the molecule is Cc1c(C(=O)Nc2ccc(S(C)(=O)=O)cc2)cnn1-c1ccccc1. The minimum Gasteiger partial charge on any atom is -0.322 e. The summed E-state index contributed by atoms with van der Waals surface area (Å²) in [4.78, 5) is 12.7. The molecule has 1 N–H and O–H groups in total. The predicted octanol–water partition coefficient (Wildman–Crippen LogP) is 2.84. The first-order valence-electron chi connectivity index (χ1n) is 7.58. The lowest BCUT2D eigenvalue weighted by molar-refractivity contribution is 0.102. The number of carbonyl (C=O) groups excluding carboxylic acids is 1. The Hall–Kier alpha value is -2.93. The number of nitrogens with one attached hydrogen (secondary N) is 1. The molecule has 25 heavy (non-hydrogen) atoms. The summed E-state index contributed by atoms with van der Waals surface area (Å²) in [6, 6.07) is 15.6. The monoisotopic (exact) mass is 355 g/mol. The van der Waals surface area contributed by atoms with E-state index in [1.807, 2.05) is 37.3 Å².